The van der Waals surface area contributed by atoms with Crippen molar-refractivity contribution in [2.45, 2.75) is 46.6 Å². The number of benzene rings is 3. The van der Waals surface area contributed by atoms with E-state index in [1.807, 2.05) is 56.3 Å². The number of carbonyl (C=O) groups excluding carboxylic acids is 1. The summed E-state index contributed by atoms with van der Waals surface area (Å²) in [5.41, 5.74) is 5.48. The van der Waals surface area contributed by atoms with Crippen LogP contribution in [-0.2, 0) is 12.0 Å². The van der Waals surface area contributed by atoms with Crippen molar-refractivity contribution in [2.24, 2.45) is 0 Å². The van der Waals surface area contributed by atoms with Gasteiger partial charge in [-0.3, -0.25) is 4.79 Å². The topological polar surface area (TPSA) is 47.6 Å². The van der Waals surface area contributed by atoms with Crippen LogP contribution in [0.5, 0.6) is 11.5 Å². The number of aryl methyl sites for hydroxylation is 2. The normalized spacial score (nSPS) is 11.2. The molecule has 1 amide bonds. The Balaban J connectivity index is 1.82. The molecule has 0 unspecified atom stereocenters. The summed E-state index contributed by atoms with van der Waals surface area (Å²) in [6.45, 7) is 10.8. The molecule has 0 radical (unpaired) electrons. The summed E-state index contributed by atoms with van der Waals surface area (Å²) >= 11 is 0. The third kappa shape index (κ3) is 5.46. The Morgan fingerprint density at radius 2 is 1.68 bits per heavy atom. The van der Waals surface area contributed by atoms with Gasteiger partial charge in [0.1, 0.15) is 18.1 Å². The predicted molar refractivity (Wildman–Crippen MR) is 126 cm³/mol. The van der Waals surface area contributed by atoms with Gasteiger partial charge in [0.05, 0.1) is 7.11 Å². The van der Waals surface area contributed by atoms with E-state index in [0.717, 1.165) is 33.7 Å². The van der Waals surface area contributed by atoms with Crippen LogP contribution in [0.25, 0.3) is 0 Å². The third-order valence-electron chi connectivity index (χ3n) is 5.25. The van der Waals surface area contributed by atoms with Gasteiger partial charge in [-0.15, -0.1) is 0 Å². The smallest absolute Gasteiger partial charge is 0.255 e. The van der Waals surface area contributed by atoms with Crippen LogP contribution in [0.15, 0.2) is 60.7 Å². The molecule has 3 aromatic rings. The standard InChI is InChI=1S/C27H31NO3/c1-18-11-13-23(19(2)15-18)28-26(29)20-12-14-24(30-6)21(16-20)17-31-25-10-8-7-9-22(25)27(3,4)5/h7-16H,17H2,1-6H3,(H,28,29). The number of nitrogens with one attached hydrogen (secondary N) is 1. The predicted octanol–water partition coefficient (Wildman–Crippen LogP) is 6.44. The van der Waals surface area contributed by atoms with E-state index in [0.29, 0.717) is 17.9 Å². The largest absolute Gasteiger partial charge is 0.496 e. The molecule has 0 aliphatic carbocycles. The molecule has 4 heteroatoms. The maximum atomic E-state index is 12.9. The summed E-state index contributed by atoms with van der Waals surface area (Å²) in [5.74, 6) is 1.37. The van der Waals surface area contributed by atoms with Crippen LogP contribution in [0.3, 0.4) is 0 Å². The molecule has 0 heterocycles. The number of anilines is 1. The maximum absolute atomic E-state index is 12.9. The number of amides is 1. The summed E-state index contributed by atoms with van der Waals surface area (Å²) in [4.78, 5) is 12.9. The van der Waals surface area contributed by atoms with Gasteiger partial charge in [0.2, 0.25) is 0 Å². The lowest BCUT2D eigenvalue weighted by molar-refractivity contribution is 0.102. The van der Waals surface area contributed by atoms with Crippen molar-refractivity contribution in [1.29, 1.82) is 0 Å². The van der Waals surface area contributed by atoms with Gasteiger partial charge in [-0.1, -0.05) is 56.7 Å². The van der Waals surface area contributed by atoms with Crippen molar-refractivity contribution in [3.63, 3.8) is 0 Å². The average molecular weight is 418 g/mol. The molecule has 4 nitrogen and oxygen atoms in total. The fraction of sp³-hybridized carbons (Fsp3) is 0.296. The lowest BCUT2D eigenvalue weighted by Gasteiger charge is -2.23. The van der Waals surface area contributed by atoms with Crippen molar-refractivity contribution < 1.29 is 14.3 Å². The van der Waals surface area contributed by atoms with Crippen LogP contribution < -0.4 is 14.8 Å². The van der Waals surface area contributed by atoms with E-state index in [4.69, 9.17) is 9.47 Å². The van der Waals surface area contributed by atoms with Crippen LogP contribution in [0, 0.1) is 13.8 Å². The number of para-hydroxylation sites is 1. The van der Waals surface area contributed by atoms with E-state index in [1.165, 1.54) is 0 Å². The number of hydrogen-bond acceptors (Lipinski definition) is 3. The van der Waals surface area contributed by atoms with E-state index in [1.54, 1.807) is 13.2 Å². The highest BCUT2D eigenvalue weighted by Crippen LogP contribution is 2.32. The molecule has 0 aliphatic heterocycles. The lowest BCUT2D eigenvalue weighted by Crippen LogP contribution is -2.15. The first-order chi connectivity index (χ1) is 14.7. The third-order valence-corrected chi connectivity index (χ3v) is 5.25. The van der Waals surface area contributed by atoms with Crippen molar-refractivity contribution in [2.75, 3.05) is 12.4 Å². The van der Waals surface area contributed by atoms with E-state index < -0.39 is 0 Å². The van der Waals surface area contributed by atoms with E-state index in [-0.39, 0.29) is 11.3 Å². The minimum atomic E-state index is -0.161. The monoisotopic (exact) mass is 417 g/mol. The molecule has 0 fully saturated rings. The molecule has 0 aromatic heterocycles. The second-order valence-corrected chi connectivity index (χ2v) is 8.83. The minimum Gasteiger partial charge on any atom is -0.496 e. The van der Waals surface area contributed by atoms with Gasteiger partial charge in [-0.05, 0) is 60.7 Å². The Kier molecular flexibility index (Phi) is 6.69. The zero-order valence-corrected chi connectivity index (χ0v) is 19.2. The molecule has 3 rings (SSSR count). The van der Waals surface area contributed by atoms with Gasteiger partial charge in [-0.25, -0.2) is 0 Å². The van der Waals surface area contributed by atoms with Crippen LogP contribution in [-0.4, -0.2) is 13.0 Å². The van der Waals surface area contributed by atoms with Crippen molar-refractivity contribution in [3.8, 4) is 11.5 Å². The molecule has 162 valence electrons. The first-order valence-electron chi connectivity index (χ1n) is 10.5. The molecule has 0 spiro atoms. The van der Waals surface area contributed by atoms with Crippen LogP contribution in [0.2, 0.25) is 0 Å². The molecule has 1 N–H and O–H groups in total. The highest BCUT2D eigenvalue weighted by Gasteiger charge is 2.19. The average Bonchev–Trinajstić information content (AvgIpc) is 2.73. The van der Waals surface area contributed by atoms with Gasteiger partial charge < -0.3 is 14.8 Å². The molecule has 31 heavy (non-hydrogen) atoms. The SMILES string of the molecule is COc1ccc(C(=O)Nc2ccc(C)cc2C)cc1COc1ccccc1C(C)(C)C. The summed E-state index contributed by atoms with van der Waals surface area (Å²) < 4.78 is 11.7. The first-order valence-corrected chi connectivity index (χ1v) is 10.5. The summed E-state index contributed by atoms with van der Waals surface area (Å²) in [6.07, 6.45) is 0. The fourth-order valence-electron chi connectivity index (χ4n) is 3.55. The maximum Gasteiger partial charge on any atom is 0.255 e. The van der Waals surface area contributed by atoms with Gasteiger partial charge in [0.25, 0.3) is 5.91 Å². The van der Waals surface area contributed by atoms with Gasteiger partial charge in [0.15, 0.2) is 0 Å². The summed E-state index contributed by atoms with van der Waals surface area (Å²) in [6, 6.07) is 19.4. The number of methoxy groups -OCH3 is 1. The minimum absolute atomic E-state index is 0.0334. The van der Waals surface area contributed by atoms with Crippen molar-refractivity contribution in [3.05, 3.63) is 88.5 Å². The molecule has 0 aliphatic rings. The molecule has 3 aromatic carbocycles. The molecule has 0 atom stereocenters. The molecule has 0 saturated heterocycles. The lowest BCUT2D eigenvalue weighted by atomic mass is 9.86. The first kappa shape index (κ1) is 22.4. The Morgan fingerprint density at radius 3 is 2.35 bits per heavy atom. The zero-order chi connectivity index (χ0) is 22.6. The number of ether oxygens (including phenoxy) is 2. The van der Waals surface area contributed by atoms with E-state index in [9.17, 15) is 4.79 Å². The molecular weight excluding hydrogens is 386 g/mol. The van der Waals surface area contributed by atoms with E-state index >= 15 is 0 Å². The van der Waals surface area contributed by atoms with Crippen molar-refractivity contribution in [1.82, 2.24) is 0 Å². The fourth-order valence-corrected chi connectivity index (χ4v) is 3.55. The molecule has 0 bridgehead atoms. The second-order valence-electron chi connectivity index (χ2n) is 8.83. The zero-order valence-electron chi connectivity index (χ0n) is 19.2. The molecule has 0 saturated carbocycles. The highest BCUT2D eigenvalue weighted by atomic mass is 16.5. The van der Waals surface area contributed by atoms with E-state index in [2.05, 4.69) is 38.2 Å². The second kappa shape index (κ2) is 9.25. The summed E-state index contributed by atoms with van der Waals surface area (Å²) in [7, 11) is 1.62. The van der Waals surface area contributed by atoms with Gasteiger partial charge >= 0.3 is 0 Å². The Morgan fingerprint density at radius 1 is 0.935 bits per heavy atom. The Hall–Kier alpha value is -3.27. The van der Waals surface area contributed by atoms with Crippen LogP contribution in [0.1, 0.15) is 53.4 Å². The number of carbonyl (C=O) groups is 1. The number of rotatable bonds is 6. The summed E-state index contributed by atoms with van der Waals surface area (Å²) in [5, 5.41) is 3.00. The van der Waals surface area contributed by atoms with Crippen LogP contribution in [0.4, 0.5) is 5.69 Å². The van der Waals surface area contributed by atoms with Crippen LogP contribution >= 0.6 is 0 Å². The van der Waals surface area contributed by atoms with Crippen molar-refractivity contribution >= 4 is 11.6 Å². The molecular formula is C27H31NO3. The highest BCUT2D eigenvalue weighted by molar-refractivity contribution is 6.04. The quantitative estimate of drug-likeness (QED) is 0.502. The van der Waals surface area contributed by atoms with Gasteiger partial charge in [0, 0.05) is 16.8 Å². The number of hydrogen-bond donors (Lipinski definition) is 1. The Bertz CT molecular complexity index is 1080. The van der Waals surface area contributed by atoms with Gasteiger partial charge in [-0.2, -0.15) is 0 Å². The Labute approximate surface area is 185 Å².